The molecule has 0 unspecified atom stereocenters. The first-order chi connectivity index (χ1) is 11.1. The lowest BCUT2D eigenvalue weighted by atomic mass is 10.2. The van der Waals surface area contributed by atoms with Crippen molar-refractivity contribution < 1.29 is 9.18 Å². The molecule has 0 aliphatic heterocycles. The number of halogens is 2. The minimum atomic E-state index is -0.590. The molecule has 0 heterocycles. The van der Waals surface area contributed by atoms with Crippen LogP contribution in [0.25, 0.3) is 6.08 Å². The molecule has 3 nitrogen and oxygen atoms in total. The standard InChI is InChI=1S/C18H12ClFN2O/c19-16-11-15(9-10-17(16)20)22-18(23)14(12-21)8-4-7-13-5-2-1-3-6-13/h1-11H,(H,22,23). The van der Waals surface area contributed by atoms with E-state index in [0.29, 0.717) is 5.69 Å². The topological polar surface area (TPSA) is 52.9 Å². The highest BCUT2D eigenvalue weighted by Gasteiger charge is 2.09. The third kappa shape index (κ3) is 4.80. The fourth-order valence-corrected chi connectivity index (χ4v) is 1.94. The molecule has 0 atom stereocenters. The average molecular weight is 327 g/mol. The quantitative estimate of drug-likeness (QED) is 0.508. The minimum Gasteiger partial charge on any atom is -0.321 e. The molecule has 0 aromatic heterocycles. The molecular formula is C18H12ClFN2O. The smallest absolute Gasteiger partial charge is 0.266 e. The van der Waals surface area contributed by atoms with Crippen molar-refractivity contribution >= 4 is 29.3 Å². The van der Waals surface area contributed by atoms with Crippen LogP contribution in [-0.2, 0) is 4.79 Å². The van der Waals surface area contributed by atoms with Crippen LogP contribution in [0.2, 0.25) is 5.02 Å². The van der Waals surface area contributed by atoms with Crippen molar-refractivity contribution in [1.29, 1.82) is 5.26 Å². The maximum Gasteiger partial charge on any atom is 0.266 e. The van der Waals surface area contributed by atoms with Crippen LogP contribution in [0.4, 0.5) is 10.1 Å². The molecule has 0 radical (unpaired) electrons. The zero-order chi connectivity index (χ0) is 16.7. The van der Waals surface area contributed by atoms with Gasteiger partial charge in [0.2, 0.25) is 0 Å². The molecule has 1 N–H and O–H groups in total. The molecular weight excluding hydrogens is 315 g/mol. The lowest BCUT2D eigenvalue weighted by Crippen LogP contribution is -2.13. The SMILES string of the molecule is N#CC(=CC=Cc1ccccc1)C(=O)Nc1ccc(F)c(Cl)c1. The average Bonchev–Trinajstić information content (AvgIpc) is 2.56. The Morgan fingerprint density at radius 1 is 1.22 bits per heavy atom. The van der Waals surface area contributed by atoms with Crippen molar-refractivity contribution in [3.8, 4) is 6.07 Å². The number of amides is 1. The van der Waals surface area contributed by atoms with Gasteiger partial charge in [0, 0.05) is 5.69 Å². The fourth-order valence-electron chi connectivity index (χ4n) is 1.76. The van der Waals surface area contributed by atoms with E-state index in [-0.39, 0.29) is 10.6 Å². The normalized spacial score (nSPS) is 11.3. The summed E-state index contributed by atoms with van der Waals surface area (Å²) in [6, 6.07) is 15.1. The van der Waals surface area contributed by atoms with Gasteiger partial charge in [-0.15, -0.1) is 0 Å². The van der Waals surface area contributed by atoms with E-state index in [1.165, 1.54) is 18.2 Å². The number of carbonyl (C=O) groups excluding carboxylic acids is 1. The van der Waals surface area contributed by atoms with Gasteiger partial charge in [-0.1, -0.05) is 54.1 Å². The highest BCUT2D eigenvalue weighted by atomic mass is 35.5. The van der Waals surface area contributed by atoms with Gasteiger partial charge in [0.15, 0.2) is 0 Å². The number of nitriles is 1. The van der Waals surface area contributed by atoms with Crippen LogP contribution < -0.4 is 5.32 Å². The molecule has 0 spiro atoms. The summed E-state index contributed by atoms with van der Waals surface area (Å²) in [6.45, 7) is 0. The molecule has 0 fully saturated rings. The Labute approximate surface area is 138 Å². The van der Waals surface area contributed by atoms with Gasteiger partial charge in [-0.05, 0) is 29.8 Å². The molecule has 2 aromatic rings. The van der Waals surface area contributed by atoms with Gasteiger partial charge in [-0.2, -0.15) is 5.26 Å². The summed E-state index contributed by atoms with van der Waals surface area (Å²) in [5.41, 5.74) is 1.19. The molecule has 0 aliphatic rings. The summed E-state index contributed by atoms with van der Waals surface area (Å²) < 4.78 is 13.1. The zero-order valence-electron chi connectivity index (χ0n) is 12.0. The summed E-state index contributed by atoms with van der Waals surface area (Å²) in [5, 5.41) is 11.5. The van der Waals surface area contributed by atoms with Crippen LogP contribution in [0.15, 0.2) is 66.3 Å². The number of rotatable bonds is 4. The monoisotopic (exact) mass is 326 g/mol. The van der Waals surface area contributed by atoms with Crippen molar-refractivity contribution in [2.75, 3.05) is 5.32 Å². The number of nitrogens with one attached hydrogen (secondary N) is 1. The second kappa shape index (κ2) is 7.92. The Bertz CT molecular complexity index is 808. The molecule has 0 bridgehead atoms. The lowest BCUT2D eigenvalue weighted by Gasteiger charge is -2.04. The summed E-state index contributed by atoms with van der Waals surface area (Å²) in [6.07, 6.45) is 4.80. The van der Waals surface area contributed by atoms with E-state index < -0.39 is 11.7 Å². The number of benzene rings is 2. The molecule has 2 rings (SSSR count). The predicted molar refractivity (Wildman–Crippen MR) is 89.2 cm³/mol. The Kier molecular flexibility index (Phi) is 5.67. The Balaban J connectivity index is 2.09. The van der Waals surface area contributed by atoms with Crippen LogP contribution in [0, 0.1) is 17.1 Å². The molecule has 0 saturated heterocycles. The van der Waals surface area contributed by atoms with E-state index in [1.807, 2.05) is 36.4 Å². The second-order valence-electron chi connectivity index (χ2n) is 4.54. The summed E-state index contributed by atoms with van der Waals surface area (Å²) >= 11 is 5.65. The largest absolute Gasteiger partial charge is 0.321 e. The number of hydrogen-bond acceptors (Lipinski definition) is 2. The predicted octanol–water partition coefficient (Wildman–Crippen LogP) is 4.58. The highest BCUT2D eigenvalue weighted by molar-refractivity contribution is 6.31. The number of anilines is 1. The third-order valence-electron chi connectivity index (χ3n) is 2.89. The van der Waals surface area contributed by atoms with Crippen LogP contribution >= 0.6 is 11.6 Å². The molecule has 0 saturated carbocycles. The Hall–Kier alpha value is -2.90. The van der Waals surface area contributed by atoms with Gasteiger partial charge in [-0.25, -0.2) is 4.39 Å². The zero-order valence-corrected chi connectivity index (χ0v) is 12.7. The number of hydrogen-bond donors (Lipinski definition) is 1. The van der Waals surface area contributed by atoms with Crippen molar-refractivity contribution in [3.05, 3.63) is 82.7 Å². The molecule has 23 heavy (non-hydrogen) atoms. The fraction of sp³-hybridized carbons (Fsp3) is 0. The van der Waals surface area contributed by atoms with Crippen molar-refractivity contribution in [1.82, 2.24) is 0 Å². The van der Waals surface area contributed by atoms with Crippen molar-refractivity contribution in [2.45, 2.75) is 0 Å². The summed E-state index contributed by atoms with van der Waals surface area (Å²) in [4.78, 5) is 12.0. The van der Waals surface area contributed by atoms with Crippen LogP contribution in [0.5, 0.6) is 0 Å². The van der Waals surface area contributed by atoms with Gasteiger partial charge in [-0.3, -0.25) is 4.79 Å². The lowest BCUT2D eigenvalue weighted by molar-refractivity contribution is -0.112. The van der Waals surface area contributed by atoms with Gasteiger partial charge in [0.25, 0.3) is 5.91 Å². The van der Waals surface area contributed by atoms with Crippen LogP contribution in [0.1, 0.15) is 5.56 Å². The summed E-state index contributed by atoms with van der Waals surface area (Å²) in [7, 11) is 0. The van der Waals surface area contributed by atoms with Gasteiger partial charge >= 0.3 is 0 Å². The maximum absolute atomic E-state index is 13.1. The molecule has 2 aromatic carbocycles. The minimum absolute atomic E-state index is 0.0716. The van der Waals surface area contributed by atoms with Gasteiger partial charge in [0.05, 0.1) is 5.02 Å². The molecule has 1 amide bonds. The maximum atomic E-state index is 13.1. The van der Waals surface area contributed by atoms with Crippen molar-refractivity contribution in [2.24, 2.45) is 0 Å². The second-order valence-corrected chi connectivity index (χ2v) is 4.95. The van der Waals surface area contributed by atoms with Gasteiger partial charge in [0.1, 0.15) is 17.5 Å². The van der Waals surface area contributed by atoms with E-state index in [0.717, 1.165) is 11.6 Å². The van der Waals surface area contributed by atoms with E-state index in [9.17, 15) is 9.18 Å². The Morgan fingerprint density at radius 3 is 2.61 bits per heavy atom. The number of carbonyl (C=O) groups is 1. The first-order valence-electron chi connectivity index (χ1n) is 6.70. The van der Waals surface area contributed by atoms with Gasteiger partial charge < -0.3 is 5.32 Å². The number of nitrogens with zero attached hydrogens (tertiary/aromatic N) is 1. The first kappa shape index (κ1) is 16.5. The number of allylic oxidation sites excluding steroid dienone is 2. The van der Waals surface area contributed by atoms with E-state index in [2.05, 4.69) is 5.32 Å². The summed E-state index contributed by atoms with van der Waals surface area (Å²) in [5.74, 6) is -1.17. The molecule has 5 heteroatoms. The molecule has 114 valence electrons. The van der Waals surface area contributed by atoms with E-state index in [4.69, 9.17) is 16.9 Å². The first-order valence-corrected chi connectivity index (χ1v) is 7.08. The van der Waals surface area contributed by atoms with E-state index >= 15 is 0 Å². The van der Waals surface area contributed by atoms with Crippen molar-refractivity contribution in [3.63, 3.8) is 0 Å². The third-order valence-corrected chi connectivity index (χ3v) is 3.18. The van der Waals surface area contributed by atoms with E-state index in [1.54, 1.807) is 12.2 Å². The molecule has 0 aliphatic carbocycles. The highest BCUT2D eigenvalue weighted by Crippen LogP contribution is 2.19. The van der Waals surface area contributed by atoms with Crippen LogP contribution in [-0.4, -0.2) is 5.91 Å². The van der Waals surface area contributed by atoms with Crippen LogP contribution in [0.3, 0.4) is 0 Å². The Morgan fingerprint density at radius 2 is 1.96 bits per heavy atom.